The van der Waals surface area contributed by atoms with Gasteiger partial charge in [-0.2, -0.15) is 0 Å². The smallest absolute Gasteiger partial charge is 0.267 e. The van der Waals surface area contributed by atoms with Crippen LogP contribution in [0.2, 0.25) is 0 Å². The Balaban J connectivity index is 1.71. The maximum absolute atomic E-state index is 13.4. The molecule has 0 atom stereocenters. The van der Waals surface area contributed by atoms with Gasteiger partial charge in [-0.1, -0.05) is 37.5 Å². The minimum Gasteiger partial charge on any atom is -0.497 e. The molecule has 30 heavy (non-hydrogen) atoms. The number of aliphatic imine (C=N–C) groups is 1. The molecule has 1 aliphatic heterocycles. The second-order valence-electron chi connectivity index (χ2n) is 7.42. The van der Waals surface area contributed by atoms with Crippen molar-refractivity contribution in [1.29, 1.82) is 0 Å². The van der Waals surface area contributed by atoms with E-state index in [1.165, 1.54) is 18.2 Å². The highest BCUT2D eigenvalue weighted by molar-refractivity contribution is 8.18. The quantitative estimate of drug-likeness (QED) is 0.585. The summed E-state index contributed by atoms with van der Waals surface area (Å²) in [5, 5.41) is 0.761. The minimum atomic E-state index is 0.0273. The Morgan fingerprint density at radius 3 is 2.50 bits per heavy atom. The number of carbonyl (C=O) groups is 1. The SMILES string of the molecule is COc1ccc(C=C2SC(=Nc3ccccc3)N(C3CCCCC3)C2=O)c(OC)c1. The average molecular weight is 423 g/mol. The van der Waals surface area contributed by atoms with E-state index in [1.54, 1.807) is 14.2 Å². The maximum atomic E-state index is 13.4. The highest BCUT2D eigenvalue weighted by atomic mass is 32.2. The molecule has 1 amide bonds. The fourth-order valence-electron chi connectivity index (χ4n) is 3.92. The van der Waals surface area contributed by atoms with E-state index in [0.717, 1.165) is 47.9 Å². The van der Waals surface area contributed by atoms with Crippen molar-refractivity contribution in [3.05, 3.63) is 59.0 Å². The predicted octanol–water partition coefficient (Wildman–Crippen LogP) is 5.64. The van der Waals surface area contributed by atoms with Gasteiger partial charge in [0.05, 0.1) is 24.8 Å². The lowest BCUT2D eigenvalue weighted by molar-refractivity contribution is -0.124. The molecule has 2 aromatic rings. The number of thioether (sulfide) groups is 1. The van der Waals surface area contributed by atoms with E-state index in [9.17, 15) is 4.79 Å². The fraction of sp³-hybridized carbons (Fsp3) is 0.333. The number of carbonyl (C=O) groups excluding carboxylic acids is 1. The average Bonchev–Trinajstić information content (AvgIpc) is 3.09. The van der Waals surface area contributed by atoms with Crippen LogP contribution in [0.1, 0.15) is 37.7 Å². The first-order valence-electron chi connectivity index (χ1n) is 10.3. The van der Waals surface area contributed by atoms with Gasteiger partial charge in [0.25, 0.3) is 5.91 Å². The molecule has 2 aliphatic rings. The van der Waals surface area contributed by atoms with Crippen molar-refractivity contribution < 1.29 is 14.3 Å². The Labute approximate surface area is 181 Å². The van der Waals surface area contributed by atoms with Crippen molar-refractivity contribution in [2.45, 2.75) is 38.1 Å². The summed E-state index contributed by atoms with van der Waals surface area (Å²) in [6.07, 6.45) is 7.50. The number of hydrogen-bond acceptors (Lipinski definition) is 5. The lowest BCUT2D eigenvalue weighted by Crippen LogP contribution is -2.40. The monoisotopic (exact) mass is 422 g/mol. The summed E-state index contributed by atoms with van der Waals surface area (Å²) >= 11 is 1.44. The standard InChI is InChI=1S/C24H26N2O3S/c1-28-20-14-13-17(21(16-20)29-2)15-22-23(27)26(19-11-7-4-8-12-19)24(30-22)25-18-9-5-3-6-10-18/h3,5-6,9-10,13-16,19H,4,7-8,11-12H2,1-2H3. The van der Waals surface area contributed by atoms with Crippen molar-refractivity contribution >= 4 is 34.6 Å². The molecule has 0 spiro atoms. The van der Waals surface area contributed by atoms with Crippen LogP contribution in [-0.4, -0.2) is 36.2 Å². The molecule has 1 heterocycles. The number of methoxy groups -OCH3 is 2. The summed E-state index contributed by atoms with van der Waals surface area (Å²) in [5.41, 5.74) is 1.70. The highest BCUT2D eigenvalue weighted by Gasteiger charge is 2.38. The molecule has 156 valence electrons. The summed E-state index contributed by atoms with van der Waals surface area (Å²) in [4.78, 5) is 20.8. The summed E-state index contributed by atoms with van der Waals surface area (Å²) in [7, 11) is 3.24. The molecule has 2 aromatic carbocycles. The number of hydrogen-bond donors (Lipinski definition) is 0. The summed E-state index contributed by atoms with van der Waals surface area (Å²) in [6.45, 7) is 0. The van der Waals surface area contributed by atoms with Gasteiger partial charge >= 0.3 is 0 Å². The minimum absolute atomic E-state index is 0.0273. The van der Waals surface area contributed by atoms with E-state index in [4.69, 9.17) is 14.5 Å². The molecule has 0 N–H and O–H groups in total. The van der Waals surface area contributed by atoms with E-state index in [1.807, 2.05) is 59.5 Å². The third kappa shape index (κ3) is 4.38. The van der Waals surface area contributed by atoms with Crippen LogP contribution >= 0.6 is 11.8 Å². The van der Waals surface area contributed by atoms with Crippen molar-refractivity contribution in [3.63, 3.8) is 0 Å². The number of nitrogens with zero attached hydrogens (tertiary/aromatic N) is 2. The van der Waals surface area contributed by atoms with Gasteiger partial charge in [-0.05, 0) is 54.9 Å². The van der Waals surface area contributed by atoms with Gasteiger partial charge in [0, 0.05) is 17.7 Å². The molecule has 4 rings (SSSR count). The maximum Gasteiger partial charge on any atom is 0.267 e. The zero-order chi connectivity index (χ0) is 20.9. The number of benzene rings is 2. The van der Waals surface area contributed by atoms with Gasteiger partial charge in [-0.15, -0.1) is 0 Å². The van der Waals surface area contributed by atoms with Crippen molar-refractivity contribution in [3.8, 4) is 11.5 Å². The topological polar surface area (TPSA) is 51.1 Å². The summed E-state index contributed by atoms with van der Waals surface area (Å²) < 4.78 is 10.8. The van der Waals surface area contributed by atoms with Crippen LogP contribution in [0.4, 0.5) is 5.69 Å². The van der Waals surface area contributed by atoms with E-state index < -0.39 is 0 Å². The van der Waals surface area contributed by atoms with Gasteiger partial charge < -0.3 is 9.47 Å². The van der Waals surface area contributed by atoms with Crippen molar-refractivity contribution in [1.82, 2.24) is 4.90 Å². The molecular weight excluding hydrogens is 396 g/mol. The van der Waals surface area contributed by atoms with Crippen LogP contribution in [0.3, 0.4) is 0 Å². The Bertz CT molecular complexity index is 966. The zero-order valence-corrected chi connectivity index (χ0v) is 18.2. The first-order chi connectivity index (χ1) is 14.7. The third-order valence-corrected chi connectivity index (χ3v) is 6.47. The molecule has 1 saturated carbocycles. The molecular formula is C24H26N2O3S. The first-order valence-corrected chi connectivity index (χ1v) is 11.1. The Morgan fingerprint density at radius 1 is 1.03 bits per heavy atom. The normalized spacial score (nSPS) is 20.2. The zero-order valence-electron chi connectivity index (χ0n) is 17.3. The third-order valence-electron chi connectivity index (χ3n) is 5.48. The molecule has 2 fully saturated rings. The molecule has 0 bridgehead atoms. The fourth-order valence-corrected chi connectivity index (χ4v) is 4.97. The van der Waals surface area contributed by atoms with Crippen LogP contribution in [-0.2, 0) is 4.79 Å². The Morgan fingerprint density at radius 2 is 1.80 bits per heavy atom. The number of ether oxygens (including phenoxy) is 2. The summed E-state index contributed by atoms with van der Waals surface area (Å²) in [6, 6.07) is 15.6. The van der Waals surface area contributed by atoms with E-state index >= 15 is 0 Å². The van der Waals surface area contributed by atoms with Crippen molar-refractivity contribution in [2.24, 2.45) is 4.99 Å². The molecule has 1 saturated heterocycles. The van der Waals surface area contributed by atoms with Gasteiger partial charge in [0.15, 0.2) is 5.17 Å². The van der Waals surface area contributed by atoms with E-state index in [0.29, 0.717) is 10.7 Å². The predicted molar refractivity (Wildman–Crippen MR) is 122 cm³/mol. The number of rotatable bonds is 5. The lowest BCUT2D eigenvalue weighted by atomic mass is 9.94. The van der Waals surface area contributed by atoms with Crippen LogP contribution < -0.4 is 9.47 Å². The largest absolute Gasteiger partial charge is 0.497 e. The lowest BCUT2D eigenvalue weighted by Gasteiger charge is -2.30. The molecule has 0 radical (unpaired) electrons. The molecule has 5 nitrogen and oxygen atoms in total. The molecule has 0 aromatic heterocycles. The number of amides is 1. The summed E-state index contributed by atoms with van der Waals surface area (Å²) in [5.74, 6) is 1.42. The first kappa shape index (κ1) is 20.5. The van der Waals surface area contributed by atoms with Crippen molar-refractivity contribution in [2.75, 3.05) is 14.2 Å². The Hall–Kier alpha value is -2.73. The number of amidine groups is 1. The van der Waals surface area contributed by atoms with Crippen LogP contribution in [0.25, 0.3) is 6.08 Å². The van der Waals surface area contributed by atoms with Gasteiger partial charge in [-0.25, -0.2) is 4.99 Å². The van der Waals surface area contributed by atoms with Crippen LogP contribution in [0.5, 0.6) is 11.5 Å². The van der Waals surface area contributed by atoms with Gasteiger partial charge in [0.2, 0.25) is 0 Å². The van der Waals surface area contributed by atoms with E-state index in [-0.39, 0.29) is 11.9 Å². The van der Waals surface area contributed by atoms with Crippen LogP contribution in [0.15, 0.2) is 58.4 Å². The van der Waals surface area contributed by atoms with Crippen LogP contribution in [0, 0.1) is 0 Å². The second kappa shape index (κ2) is 9.39. The number of para-hydroxylation sites is 1. The Kier molecular flexibility index (Phi) is 6.43. The highest BCUT2D eigenvalue weighted by Crippen LogP contribution is 2.39. The van der Waals surface area contributed by atoms with Gasteiger partial charge in [0.1, 0.15) is 11.5 Å². The second-order valence-corrected chi connectivity index (χ2v) is 8.42. The molecule has 0 unspecified atom stereocenters. The van der Waals surface area contributed by atoms with E-state index in [2.05, 4.69) is 0 Å². The molecule has 6 heteroatoms. The van der Waals surface area contributed by atoms with Gasteiger partial charge in [-0.3, -0.25) is 9.69 Å². The molecule has 1 aliphatic carbocycles.